The van der Waals surface area contributed by atoms with Gasteiger partial charge in [0.25, 0.3) is 5.91 Å². The average Bonchev–Trinajstić information content (AvgIpc) is 3.20. The normalized spacial score (nSPS) is 20.4. The predicted octanol–water partition coefficient (Wildman–Crippen LogP) is 2.13. The van der Waals surface area contributed by atoms with Crippen molar-refractivity contribution >= 4 is 17.8 Å². The van der Waals surface area contributed by atoms with Crippen molar-refractivity contribution in [3.05, 3.63) is 71.3 Å². The molecule has 6 nitrogen and oxygen atoms in total. The van der Waals surface area contributed by atoms with E-state index in [0.29, 0.717) is 13.0 Å². The van der Waals surface area contributed by atoms with Gasteiger partial charge in [-0.2, -0.15) is 0 Å². The van der Waals surface area contributed by atoms with Gasteiger partial charge in [0, 0.05) is 6.54 Å². The highest BCUT2D eigenvalue weighted by Gasteiger charge is 2.55. The van der Waals surface area contributed by atoms with Gasteiger partial charge in [0.2, 0.25) is 5.91 Å². The molecular weight excluding hydrogens is 354 g/mol. The zero-order valence-corrected chi connectivity index (χ0v) is 15.6. The molecule has 6 heteroatoms. The van der Waals surface area contributed by atoms with Crippen molar-refractivity contribution in [2.75, 3.05) is 13.1 Å². The molecule has 2 aromatic carbocycles. The quantitative estimate of drug-likeness (QED) is 0.598. The molecule has 2 aliphatic rings. The number of carbonyl (C=O) groups is 3. The summed E-state index contributed by atoms with van der Waals surface area (Å²) in [6, 6.07) is 17.2. The van der Waals surface area contributed by atoms with E-state index in [4.69, 9.17) is 0 Å². The summed E-state index contributed by atoms with van der Waals surface area (Å²) in [4.78, 5) is 38.7. The van der Waals surface area contributed by atoms with Crippen molar-refractivity contribution in [3.8, 4) is 0 Å². The average molecular weight is 377 g/mol. The molecule has 28 heavy (non-hydrogen) atoms. The summed E-state index contributed by atoms with van der Waals surface area (Å²) in [6.45, 7) is 0.255. The lowest BCUT2D eigenvalue weighted by Crippen LogP contribution is -2.44. The smallest absolute Gasteiger partial charge is 0.325 e. The van der Waals surface area contributed by atoms with Crippen LogP contribution in [0.4, 0.5) is 4.79 Å². The van der Waals surface area contributed by atoms with Crippen molar-refractivity contribution in [1.82, 2.24) is 15.5 Å². The number of nitrogens with zero attached hydrogens (tertiary/aromatic N) is 1. The molecule has 1 atom stereocenters. The lowest BCUT2D eigenvalue weighted by Gasteiger charge is -2.22. The first-order valence-corrected chi connectivity index (χ1v) is 9.63. The molecule has 1 saturated heterocycles. The number of imide groups is 1. The third-order valence-electron chi connectivity index (χ3n) is 5.53. The highest BCUT2D eigenvalue weighted by Crippen LogP contribution is 2.41. The Morgan fingerprint density at radius 2 is 1.82 bits per heavy atom. The number of hydrogen-bond acceptors (Lipinski definition) is 3. The van der Waals surface area contributed by atoms with Crippen LogP contribution in [0.2, 0.25) is 0 Å². The lowest BCUT2D eigenvalue weighted by atomic mass is 9.92. The van der Waals surface area contributed by atoms with Crippen molar-refractivity contribution in [2.45, 2.75) is 31.2 Å². The van der Waals surface area contributed by atoms with Crippen molar-refractivity contribution in [3.63, 3.8) is 0 Å². The van der Waals surface area contributed by atoms with Crippen molar-refractivity contribution < 1.29 is 14.4 Å². The van der Waals surface area contributed by atoms with Gasteiger partial charge in [-0.05, 0) is 42.4 Å². The number of hydrogen-bond donors (Lipinski definition) is 2. The number of benzene rings is 2. The van der Waals surface area contributed by atoms with Crippen LogP contribution in [0, 0.1) is 0 Å². The molecule has 0 radical (unpaired) electrons. The van der Waals surface area contributed by atoms with Gasteiger partial charge < -0.3 is 10.6 Å². The first-order valence-electron chi connectivity index (χ1n) is 9.63. The Morgan fingerprint density at radius 3 is 2.64 bits per heavy atom. The van der Waals surface area contributed by atoms with Crippen LogP contribution >= 0.6 is 0 Å². The first-order chi connectivity index (χ1) is 13.6. The van der Waals surface area contributed by atoms with Gasteiger partial charge in [0.05, 0.1) is 0 Å². The van der Waals surface area contributed by atoms with Crippen molar-refractivity contribution in [2.24, 2.45) is 0 Å². The van der Waals surface area contributed by atoms with E-state index in [-0.39, 0.29) is 18.4 Å². The summed E-state index contributed by atoms with van der Waals surface area (Å²) >= 11 is 0. The van der Waals surface area contributed by atoms with Crippen LogP contribution in [-0.2, 0) is 28.0 Å². The van der Waals surface area contributed by atoms with Crippen molar-refractivity contribution in [1.29, 1.82) is 0 Å². The fourth-order valence-electron chi connectivity index (χ4n) is 4.10. The molecule has 4 amide bonds. The SMILES string of the molecule is O=C(CN1C(=O)NC2(CCc3ccccc32)C1=O)NCCCc1ccccc1. The molecule has 2 N–H and O–H groups in total. The molecule has 1 heterocycles. The van der Waals surface area contributed by atoms with Gasteiger partial charge in [-0.3, -0.25) is 14.5 Å². The number of rotatable bonds is 6. The van der Waals surface area contributed by atoms with E-state index >= 15 is 0 Å². The molecule has 1 unspecified atom stereocenters. The number of nitrogens with one attached hydrogen (secondary N) is 2. The Balaban J connectivity index is 1.33. The molecule has 1 spiro atoms. The van der Waals surface area contributed by atoms with Crippen LogP contribution in [0.3, 0.4) is 0 Å². The number of urea groups is 1. The van der Waals surface area contributed by atoms with Crippen LogP contribution in [-0.4, -0.2) is 35.8 Å². The van der Waals surface area contributed by atoms with Gasteiger partial charge >= 0.3 is 6.03 Å². The molecule has 0 aromatic heterocycles. The molecule has 0 saturated carbocycles. The van der Waals surface area contributed by atoms with E-state index in [0.717, 1.165) is 35.3 Å². The molecule has 1 aliphatic carbocycles. The molecular formula is C22H23N3O3. The van der Waals surface area contributed by atoms with Gasteiger partial charge in [0.15, 0.2) is 0 Å². The summed E-state index contributed by atoms with van der Waals surface area (Å²) in [6.07, 6.45) is 2.94. The fourth-order valence-corrected chi connectivity index (χ4v) is 4.10. The minimum Gasteiger partial charge on any atom is -0.355 e. The summed E-state index contributed by atoms with van der Waals surface area (Å²) < 4.78 is 0. The first kappa shape index (κ1) is 18.2. The Kier molecular flexibility index (Phi) is 4.86. The number of aryl methyl sites for hydroxylation is 2. The molecule has 2 aromatic rings. The van der Waals surface area contributed by atoms with E-state index in [9.17, 15) is 14.4 Å². The maximum atomic E-state index is 13.0. The second kappa shape index (κ2) is 7.46. The van der Waals surface area contributed by atoms with E-state index < -0.39 is 11.6 Å². The highest BCUT2D eigenvalue weighted by atomic mass is 16.2. The highest BCUT2D eigenvalue weighted by molar-refractivity contribution is 6.09. The van der Waals surface area contributed by atoms with Gasteiger partial charge in [0.1, 0.15) is 12.1 Å². The van der Waals surface area contributed by atoms with Crippen LogP contribution in [0.15, 0.2) is 54.6 Å². The largest absolute Gasteiger partial charge is 0.355 e. The van der Waals surface area contributed by atoms with Gasteiger partial charge in [-0.15, -0.1) is 0 Å². The number of carbonyl (C=O) groups excluding carboxylic acids is 3. The molecule has 1 aliphatic heterocycles. The molecule has 144 valence electrons. The topological polar surface area (TPSA) is 78.5 Å². The standard InChI is InChI=1S/C22H23N3O3/c26-19(23-14-6-9-16-7-2-1-3-8-16)15-25-20(27)22(24-21(25)28)13-12-17-10-4-5-11-18(17)22/h1-5,7-8,10-11H,6,9,12-15H2,(H,23,26)(H,24,28). The Bertz CT molecular complexity index is 912. The van der Waals surface area contributed by atoms with Crippen LogP contribution in [0.1, 0.15) is 29.5 Å². The second-order valence-electron chi connectivity index (χ2n) is 7.32. The van der Waals surface area contributed by atoms with Crippen LogP contribution in [0.5, 0.6) is 0 Å². The Morgan fingerprint density at radius 1 is 1.07 bits per heavy atom. The van der Waals surface area contributed by atoms with E-state index in [1.165, 1.54) is 5.56 Å². The van der Waals surface area contributed by atoms with Gasteiger partial charge in [-0.25, -0.2) is 4.79 Å². The number of fused-ring (bicyclic) bond motifs is 2. The summed E-state index contributed by atoms with van der Waals surface area (Å²) in [7, 11) is 0. The van der Waals surface area contributed by atoms with E-state index in [1.807, 2.05) is 54.6 Å². The van der Waals surface area contributed by atoms with E-state index in [1.54, 1.807) is 0 Å². The fraction of sp³-hybridized carbons (Fsp3) is 0.318. The molecule has 0 bridgehead atoms. The molecule has 4 rings (SSSR count). The number of amides is 4. The van der Waals surface area contributed by atoms with Crippen LogP contribution in [0.25, 0.3) is 0 Å². The summed E-state index contributed by atoms with van der Waals surface area (Å²) in [5, 5.41) is 5.64. The Labute approximate surface area is 163 Å². The summed E-state index contributed by atoms with van der Waals surface area (Å²) in [5.41, 5.74) is 2.12. The second-order valence-corrected chi connectivity index (χ2v) is 7.32. The van der Waals surface area contributed by atoms with Gasteiger partial charge in [-0.1, -0.05) is 54.6 Å². The monoisotopic (exact) mass is 377 g/mol. The maximum absolute atomic E-state index is 13.0. The Hall–Kier alpha value is -3.15. The molecule has 1 fully saturated rings. The lowest BCUT2D eigenvalue weighted by molar-refractivity contribution is -0.135. The maximum Gasteiger partial charge on any atom is 0.325 e. The minimum atomic E-state index is -1.01. The third-order valence-corrected chi connectivity index (χ3v) is 5.53. The predicted molar refractivity (Wildman–Crippen MR) is 104 cm³/mol. The summed E-state index contributed by atoms with van der Waals surface area (Å²) in [5.74, 6) is -0.651. The van der Waals surface area contributed by atoms with Crippen LogP contribution < -0.4 is 10.6 Å². The zero-order valence-electron chi connectivity index (χ0n) is 15.6. The zero-order chi connectivity index (χ0) is 19.6. The minimum absolute atomic E-state index is 0.250. The third kappa shape index (κ3) is 3.26. The van der Waals surface area contributed by atoms with E-state index in [2.05, 4.69) is 10.6 Å².